The van der Waals surface area contributed by atoms with Crippen LogP contribution in [0.15, 0.2) is 24.3 Å². The predicted octanol–water partition coefficient (Wildman–Crippen LogP) is 1.65. The van der Waals surface area contributed by atoms with Crippen molar-refractivity contribution in [3.63, 3.8) is 0 Å². The van der Waals surface area contributed by atoms with Crippen LogP contribution in [0.3, 0.4) is 0 Å². The third-order valence-corrected chi connectivity index (χ3v) is 2.90. The number of hydrogen-bond donors (Lipinski definition) is 1. The number of carbonyl (C=O) groups is 1. The Morgan fingerprint density at radius 3 is 2.56 bits per heavy atom. The van der Waals surface area contributed by atoms with Gasteiger partial charge >= 0.3 is 0 Å². The number of rotatable bonds is 7. The van der Waals surface area contributed by atoms with Crippen molar-refractivity contribution in [3.05, 3.63) is 29.8 Å². The van der Waals surface area contributed by atoms with Crippen LogP contribution in [0.1, 0.15) is 19.4 Å². The molecule has 0 aliphatic carbocycles. The normalized spacial score (nSPS) is 10.2. The third-order valence-electron chi connectivity index (χ3n) is 2.90. The van der Waals surface area contributed by atoms with Crippen LogP contribution < -0.4 is 10.1 Å². The molecule has 0 atom stereocenters. The highest BCUT2D eigenvalue weighted by atomic mass is 16.5. The smallest absolute Gasteiger partial charge is 0.236 e. The van der Waals surface area contributed by atoms with E-state index in [0.29, 0.717) is 13.1 Å². The van der Waals surface area contributed by atoms with Gasteiger partial charge in [-0.2, -0.15) is 0 Å². The van der Waals surface area contributed by atoms with Gasteiger partial charge in [0.15, 0.2) is 0 Å². The molecule has 1 amide bonds. The largest absolute Gasteiger partial charge is 0.496 e. The monoisotopic (exact) mass is 250 g/mol. The van der Waals surface area contributed by atoms with Crippen LogP contribution >= 0.6 is 0 Å². The fraction of sp³-hybridized carbons (Fsp3) is 0.500. The number of para-hydroxylation sites is 1. The van der Waals surface area contributed by atoms with Gasteiger partial charge in [0.25, 0.3) is 0 Å². The van der Waals surface area contributed by atoms with Crippen LogP contribution in [0.2, 0.25) is 0 Å². The van der Waals surface area contributed by atoms with E-state index in [1.165, 1.54) is 0 Å². The first-order chi connectivity index (χ1) is 8.72. The Balaban J connectivity index is 2.44. The number of ether oxygens (including phenoxy) is 1. The van der Waals surface area contributed by atoms with Crippen molar-refractivity contribution >= 4 is 5.91 Å². The van der Waals surface area contributed by atoms with Gasteiger partial charge in [0, 0.05) is 25.2 Å². The summed E-state index contributed by atoms with van der Waals surface area (Å²) in [5.41, 5.74) is 1.06. The molecule has 0 bridgehead atoms. The van der Waals surface area contributed by atoms with Crippen LogP contribution in [-0.2, 0) is 11.3 Å². The molecule has 4 heteroatoms. The van der Waals surface area contributed by atoms with E-state index in [1.807, 2.05) is 43.0 Å². The van der Waals surface area contributed by atoms with Crippen molar-refractivity contribution in [1.82, 2.24) is 10.2 Å². The SMILES string of the molecule is CCN(CC)C(=O)CNCc1ccccc1OC. The lowest BCUT2D eigenvalue weighted by Gasteiger charge is -2.19. The second-order valence-corrected chi connectivity index (χ2v) is 3.98. The zero-order valence-corrected chi connectivity index (χ0v) is 11.4. The summed E-state index contributed by atoms with van der Waals surface area (Å²) in [7, 11) is 1.65. The van der Waals surface area contributed by atoms with Gasteiger partial charge in [-0.1, -0.05) is 18.2 Å². The number of methoxy groups -OCH3 is 1. The minimum absolute atomic E-state index is 0.134. The van der Waals surface area contributed by atoms with Gasteiger partial charge in [0.2, 0.25) is 5.91 Å². The number of nitrogens with zero attached hydrogens (tertiary/aromatic N) is 1. The molecule has 0 saturated heterocycles. The Bertz CT molecular complexity index is 376. The van der Waals surface area contributed by atoms with Crippen molar-refractivity contribution in [2.45, 2.75) is 20.4 Å². The molecule has 0 spiro atoms. The van der Waals surface area contributed by atoms with Crippen LogP contribution in [0.5, 0.6) is 5.75 Å². The Labute approximate surface area is 109 Å². The third kappa shape index (κ3) is 4.04. The molecule has 0 radical (unpaired) electrons. The van der Waals surface area contributed by atoms with E-state index in [9.17, 15) is 4.79 Å². The highest BCUT2D eigenvalue weighted by molar-refractivity contribution is 5.78. The van der Waals surface area contributed by atoms with E-state index >= 15 is 0 Å². The molecule has 18 heavy (non-hydrogen) atoms. The van der Waals surface area contributed by atoms with Gasteiger partial charge in [0.1, 0.15) is 5.75 Å². The lowest BCUT2D eigenvalue weighted by Crippen LogP contribution is -2.37. The minimum atomic E-state index is 0.134. The number of likely N-dealkylation sites (N-methyl/N-ethyl adjacent to an activating group) is 1. The van der Waals surface area contributed by atoms with Gasteiger partial charge < -0.3 is 15.0 Å². The number of hydrogen-bond acceptors (Lipinski definition) is 3. The summed E-state index contributed by atoms with van der Waals surface area (Å²) in [5, 5.41) is 3.15. The van der Waals surface area contributed by atoms with Gasteiger partial charge in [0.05, 0.1) is 13.7 Å². The zero-order chi connectivity index (χ0) is 13.4. The lowest BCUT2D eigenvalue weighted by atomic mass is 10.2. The molecule has 0 unspecified atom stereocenters. The first kappa shape index (κ1) is 14.5. The van der Waals surface area contributed by atoms with Gasteiger partial charge in [-0.15, -0.1) is 0 Å². The Hall–Kier alpha value is -1.55. The number of amides is 1. The molecular weight excluding hydrogens is 228 g/mol. The number of nitrogens with one attached hydrogen (secondary N) is 1. The van der Waals surface area contributed by atoms with E-state index in [4.69, 9.17) is 4.74 Å². The predicted molar refractivity (Wildman–Crippen MR) is 72.6 cm³/mol. The maximum atomic E-state index is 11.8. The molecular formula is C14H22N2O2. The van der Waals surface area contributed by atoms with Crippen molar-refractivity contribution < 1.29 is 9.53 Å². The van der Waals surface area contributed by atoms with Crippen molar-refractivity contribution in [2.24, 2.45) is 0 Å². The number of carbonyl (C=O) groups excluding carboxylic acids is 1. The van der Waals surface area contributed by atoms with E-state index in [2.05, 4.69) is 5.32 Å². The molecule has 1 N–H and O–H groups in total. The van der Waals surface area contributed by atoms with Crippen LogP contribution in [-0.4, -0.2) is 37.6 Å². The second kappa shape index (κ2) is 7.71. The maximum Gasteiger partial charge on any atom is 0.236 e. The molecule has 0 fully saturated rings. The maximum absolute atomic E-state index is 11.8. The summed E-state index contributed by atoms with van der Waals surface area (Å²) in [5.74, 6) is 0.982. The molecule has 0 aliphatic rings. The minimum Gasteiger partial charge on any atom is -0.496 e. The average Bonchev–Trinajstić information content (AvgIpc) is 2.40. The first-order valence-corrected chi connectivity index (χ1v) is 6.33. The molecule has 1 aromatic carbocycles. The Morgan fingerprint density at radius 1 is 1.28 bits per heavy atom. The fourth-order valence-corrected chi connectivity index (χ4v) is 1.84. The van der Waals surface area contributed by atoms with Crippen molar-refractivity contribution in [1.29, 1.82) is 0 Å². The molecule has 100 valence electrons. The summed E-state index contributed by atoms with van der Waals surface area (Å²) >= 11 is 0. The average molecular weight is 250 g/mol. The Kier molecular flexibility index (Phi) is 6.22. The van der Waals surface area contributed by atoms with Gasteiger partial charge in [-0.25, -0.2) is 0 Å². The van der Waals surface area contributed by atoms with Crippen molar-refractivity contribution in [2.75, 3.05) is 26.7 Å². The summed E-state index contributed by atoms with van der Waals surface area (Å²) < 4.78 is 5.26. The highest BCUT2D eigenvalue weighted by Crippen LogP contribution is 2.16. The standard InChI is InChI=1S/C14H22N2O2/c1-4-16(5-2)14(17)11-15-10-12-8-6-7-9-13(12)18-3/h6-9,15H,4-5,10-11H2,1-3H3. The molecule has 0 aromatic heterocycles. The second-order valence-electron chi connectivity index (χ2n) is 3.98. The van der Waals surface area contributed by atoms with Crippen LogP contribution in [0.25, 0.3) is 0 Å². The van der Waals surface area contributed by atoms with Gasteiger partial charge in [-0.05, 0) is 19.9 Å². The van der Waals surface area contributed by atoms with Crippen molar-refractivity contribution in [3.8, 4) is 5.75 Å². The summed E-state index contributed by atoms with van der Waals surface area (Å²) in [6, 6.07) is 7.81. The molecule has 1 rings (SSSR count). The topological polar surface area (TPSA) is 41.6 Å². The van der Waals surface area contributed by atoms with E-state index in [0.717, 1.165) is 24.4 Å². The van der Waals surface area contributed by atoms with Crippen LogP contribution in [0, 0.1) is 0 Å². The fourth-order valence-electron chi connectivity index (χ4n) is 1.84. The summed E-state index contributed by atoms with van der Waals surface area (Å²) in [4.78, 5) is 13.6. The molecule has 4 nitrogen and oxygen atoms in total. The molecule has 0 saturated carbocycles. The van der Waals surface area contributed by atoms with Gasteiger partial charge in [-0.3, -0.25) is 4.79 Å². The molecule has 0 heterocycles. The zero-order valence-electron chi connectivity index (χ0n) is 11.4. The van der Waals surface area contributed by atoms with E-state index in [1.54, 1.807) is 7.11 Å². The van der Waals surface area contributed by atoms with Crippen LogP contribution in [0.4, 0.5) is 0 Å². The van der Waals surface area contributed by atoms with E-state index in [-0.39, 0.29) is 5.91 Å². The first-order valence-electron chi connectivity index (χ1n) is 6.33. The molecule has 0 aliphatic heterocycles. The number of benzene rings is 1. The quantitative estimate of drug-likeness (QED) is 0.800. The summed E-state index contributed by atoms with van der Waals surface area (Å²) in [6.07, 6.45) is 0. The van der Waals surface area contributed by atoms with E-state index < -0.39 is 0 Å². The highest BCUT2D eigenvalue weighted by Gasteiger charge is 2.09. The Morgan fingerprint density at radius 2 is 1.94 bits per heavy atom. The summed E-state index contributed by atoms with van der Waals surface area (Å²) in [6.45, 7) is 6.48. The lowest BCUT2D eigenvalue weighted by molar-refractivity contribution is -0.129. The molecule has 1 aromatic rings.